The van der Waals surface area contributed by atoms with E-state index in [9.17, 15) is 0 Å². The van der Waals surface area contributed by atoms with E-state index in [1.54, 1.807) is 6.07 Å². The number of rotatable bonds is 5. The van der Waals surface area contributed by atoms with Gasteiger partial charge in [-0.05, 0) is 31.0 Å². The van der Waals surface area contributed by atoms with E-state index in [4.69, 9.17) is 22.9 Å². The summed E-state index contributed by atoms with van der Waals surface area (Å²) in [6.07, 6.45) is 3.92. The number of amidine groups is 1. The van der Waals surface area contributed by atoms with Crippen molar-refractivity contribution in [3.8, 4) is 11.3 Å². The molecule has 1 heterocycles. The highest BCUT2D eigenvalue weighted by Crippen LogP contribution is 2.42. The van der Waals surface area contributed by atoms with Gasteiger partial charge in [0.15, 0.2) is 5.84 Å². The molecule has 1 saturated carbocycles. The number of nitrogens with one attached hydrogen (secondary N) is 1. The van der Waals surface area contributed by atoms with Gasteiger partial charge in [0, 0.05) is 15.7 Å². The van der Waals surface area contributed by atoms with Crippen LogP contribution in [-0.4, -0.2) is 21.1 Å². The second-order valence-corrected chi connectivity index (χ2v) is 6.59. The molecular formula is C14H13ClN6S. The Hall–Kier alpha value is -1.99. The van der Waals surface area contributed by atoms with Crippen LogP contribution in [-0.2, 0) is 0 Å². The first-order valence-electron chi connectivity index (χ1n) is 6.66. The van der Waals surface area contributed by atoms with Crippen molar-refractivity contribution >= 4 is 29.2 Å². The lowest BCUT2D eigenvalue weighted by Gasteiger charge is -2.07. The minimum Gasteiger partial charge on any atom is -0.380 e. The van der Waals surface area contributed by atoms with Gasteiger partial charge >= 0.3 is 0 Å². The summed E-state index contributed by atoms with van der Waals surface area (Å²) in [4.78, 5) is 9.35. The first-order valence-corrected chi connectivity index (χ1v) is 7.92. The van der Waals surface area contributed by atoms with Crippen LogP contribution in [0.5, 0.6) is 0 Å². The second kappa shape index (κ2) is 6.41. The van der Waals surface area contributed by atoms with Crippen LogP contribution in [0.4, 0.5) is 0 Å². The maximum absolute atomic E-state index is 6.71. The lowest BCUT2D eigenvalue weighted by molar-refractivity contribution is 0.981. The molecule has 0 radical (unpaired) electrons. The van der Waals surface area contributed by atoms with Gasteiger partial charge in [0.2, 0.25) is 0 Å². The van der Waals surface area contributed by atoms with Gasteiger partial charge in [-0.15, -0.1) is 16.9 Å². The number of benzene rings is 1. The van der Waals surface area contributed by atoms with Crippen molar-refractivity contribution in [3.05, 3.63) is 41.3 Å². The molecule has 3 N–H and O–H groups in total. The monoisotopic (exact) mass is 332 g/mol. The highest BCUT2D eigenvalue weighted by molar-refractivity contribution is 8.00. The lowest BCUT2D eigenvalue weighted by atomic mass is 10.1. The van der Waals surface area contributed by atoms with E-state index in [0.29, 0.717) is 16.6 Å². The van der Waals surface area contributed by atoms with Crippen molar-refractivity contribution < 1.29 is 0 Å². The van der Waals surface area contributed by atoms with E-state index >= 15 is 0 Å². The zero-order valence-electron chi connectivity index (χ0n) is 11.5. The van der Waals surface area contributed by atoms with Gasteiger partial charge in [-0.2, -0.15) is 5.53 Å². The molecule has 0 bridgehead atoms. The third-order valence-corrected chi connectivity index (χ3v) is 4.97. The Bertz CT molecular complexity index is 744. The Kier molecular flexibility index (Phi) is 4.35. The number of hydrogen-bond donors (Lipinski definition) is 2. The summed E-state index contributed by atoms with van der Waals surface area (Å²) in [5.41, 5.74) is 14.4. The van der Waals surface area contributed by atoms with Crippen molar-refractivity contribution in [1.82, 2.24) is 9.97 Å². The third-order valence-electron chi connectivity index (χ3n) is 3.13. The van der Waals surface area contributed by atoms with Gasteiger partial charge in [0.1, 0.15) is 12.0 Å². The quantitative estimate of drug-likeness (QED) is 0.377. The topological polar surface area (TPSA) is 100 Å². The van der Waals surface area contributed by atoms with Crippen LogP contribution in [0.25, 0.3) is 11.3 Å². The van der Waals surface area contributed by atoms with Crippen LogP contribution in [0, 0.1) is 5.53 Å². The molecule has 1 aliphatic carbocycles. The second-order valence-electron chi connectivity index (χ2n) is 4.84. The highest BCUT2D eigenvalue weighted by atomic mass is 35.5. The molecule has 1 aromatic carbocycles. The van der Waals surface area contributed by atoms with E-state index in [0.717, 1.165) is 15.5 Å². The summed E-state index contributed by atoms with van der Waals surface area (Å²) in [5, 5.41) is 7.80. The number of aromatic nitrogens is 2. The summed E-state index contributed by atoms with van der Waals surface area (Å²) in [7, 11) is 0. The van der Waals surface area contributed by atoms with E-state index in [-0.39, 0.29) is 5.84 Å². The number of nitrogens with two attached hydrogens (primary N) is 1. The van der Waals surface area contributed by atoms with Crippen molar-refractivity contribution in [2.75, 3.05) is 0 Å². The third kappa shape index (κ3) is 3.42. The fourth-order valence-corrected chi connectivity index (χ4v) is 3.24. The maximum Gasteiger partial charge on any atom is 0.173 e. The van der Waals surface area contributed by atoms with Crippen LogP contribution in [0.2, 0.25) is 5.02 Å². The van der Waals surface area contributed by atoms with Crippen molar-refractivity contribution in [2.24, 2.45) is 16.1 Å². The molecule has 8 heteroatoms. The zero-order chi connectivity index (χ0) is 15.5. The maximum atomic E-state index is 6.71. The number of hydrogen-bond acceptors (Lipinski definition) is 5. The first-order chi connectivity index (χ1) is 10.7. The minimum atomic E-state index is 0.0747. The fourth-order valence-electron chi connectivity index (χ4n) is 1.88. The molecule has 0 saturated heterocycles. The smallest absolute Gasteiger partial charge is 0.173 e. The fraction of sp³-hybridized carbons (Fsp3) is 0.214. The highest BCUT2D eigenvalue weighted by Gasteiger charge is 2.23. The molecule has 1 aliphatic rings. The van der Waals surface area contributed by atoms with Crippen molar-refractivity contribution in [1.29, 1.82) is 5.53 Å². The molecule has 2 aromatic rings. The van der Waals surface area contributed by atoms with Gasteiger partial charge in [-0.3, -0.25) is 0 Å². The minimum absolute atomic E-state index is 0.0747. The van der Waals surface area contributed by atoms with E-state index in [2.05, 4.69) is 20.3 Å². The molecule has 1 aromatic heterocycles. The number of thioether (sulfide) groups is 1. The number of nitrogens with zero attached hydrogens (tertiary/aromatic N) is 4. The first kappa shape index (κ1) is 14.9. The van der Waals surface area contributed by atoms with Crippen LogP contribution >= 0.6 is 23.4 Å². The van der Waals surface area contributed by atoms with E-state index < -0.39 is 0 Å². The van der Waals surface area contributed by atoms with Crippen molar-refractivity contribution in [3.63, 3.8) is 0 Å². The van der Waals surface area contributed by atoms with Gasteiger partial charge in [0.25, 0.3) is 0 Å². The SMILES string of the molecule is N=NN=C(N)c1cc(-c2ccc(SC3CC3)c(Cl)c2)ncn1. The lowest BCUT2D eigenvalue weighted by Crippen LogP contribution is -2.14. The standard InChI is InChI=1S/C14H13ClN6S/c15-10-5-8(1-4-13(10)22-9-2-3-9)11-6-12(19-7-18-11)14(16)20-21-17/h1,4-7,9H,2-3H2,(H3,16,17,20). The summed E-state index contributed by atoms with van der Waals surface area (Å²) in [6.45, 7) is 0. The predicted octanol–water partition coefficient (Wildman–Crippen LogP) is 3.70. The van der Waals surface area contributed by atoms with E-state index in [1.807, 2.05) is 30.0 Å². The Morgan fingerprint density at radius 1 is 1.32 bits per heavy atom. The predicted molar refractivity (Wildman–Crippen MR) is 87.2 cm³/mol. The van der Waals surface area contributed by atoms with Crippen molar-refractivity contribution in [2.45, 2.75) is 23.0 Å². The summed E-state index contributed by atoms with van der Waals surface area (Å²) in [5.74, 6) is 0.0747. The normalized spacial score (nSPS) is 14.9. The Labute approximate surface area is 136 Å². The van der Waals surface area contributed by atoms with Crippen LogP contribution < -0.4 is 5.73 Å². The van der Waals surface area contributed by atoms with Crippen LogP contribution in [0.15, 0.2) is 45.8 Å². The molecular weight excluding hydrogens is 320 g/mol. The molecule has 22 heavy (non-hydrogen) atoms. The Morgan fingerprint density at radius 2 is 2.14 bits per heavy atom. The molecule has 6 nitrogen and oxygen atoms in total. The van der Waals surface area contributed by atoms with Gasteiger partial charge in [-0.1, -0.05) is 22.9 Å². The number of halogens is 1. The zero-order valence-corrected chi connectivity index (χ0v) is 13.1. The summed E-state index contributed by atoms with van der Waals surface area (Å²) >= 11 is 8.17. The molecule has 0 unspecified atom stereocenters. The molecule has 0 spiro atoms. The van der Waals surface area contributed by atoms with Crippen LogP contribution in [0.1, 0.15) is 18.5 Å². The Balaban J connectivity index is 1.90. The molecule has 0 aliphatic heterocycles. The molecule has 0 atom stereocenters. The van der Waals surface area contributed by atoms with Crippen LogP contribution in [0.3, 0.4) is 0 Å². The van der Waals surface area contributed by atoms with Gasteiger partial charge in [0.05, 0.1) is 10.7 Å². The molecule has 1 fully saturated rings. The van der Waals surface area contributed by atoms with Gasteiger partial charge < -0.3 is 5.73 Å². The average Bonchev–Trinajstić information content (AvgIpc) is 3.34. The van der Waals surface area contributed by atoms with E-state index in [1.165, 1.54) is 19.2 Å². The van der Waals surface area contributed by atoms with Gasteiger partial charge in [-0.25, -0.2) is 9.97 Å². The molecule has 0 amide bonds. The summed E-state index contributed by atoms with van der Waals surface area (Å²) < 4.78 is 0. The summed E-state index contributed by atoms with van der Waals surface area (Å²) in [6, 6.07) is 7.58. The largest absolute Gasteiger partial charge is 0.380 e. The molecule has 3 rings (SSSR count). The average molecular weight is 333 g/mol. The molecule has 112 valence electrons. The Morgan fingerprint density at radius 3 is 2.82 bits per heavy atom.